The van der Waals surface area contributed by atoms with Crippen molar-refractivity contribution in [3.05, 3.63) is 39.9 Å². The molecule has 0 N–H and O–H groups in total. The summed E-state index contributed by atoms with van der Waals surface area (Å²) in [5.41, 5.74) is 0.00103. The fourth-order valence-corrected chi connectivity index (χ4v) is 2.82. The second-order valence-electron chi connectivity index (χ2n) is 5.96. The van der Waals surface area contributed by atoms with Crippen LogP contribution in [0.25, 0.3) is 0 Å². The van der Waals surface area contributed by atoms with Gasteiger partial charge in [-0.3, -0.25) is 14.9 Å². The quantitative estimate of drug-likeness (QED) is 0.485. The summed E-state index contributed by atoms with van der Waals surface area (Å²) < 4.78 is 5.40. The zero-order valence-electron chi connectivity index (χ0n) is 11.9. The van der Waals surface area contributed by atoms with Gasteiger partial charge in [-0.25, -0.2) is 0 Å². The molecule has 0 amide bonds. The van der Waals surface area contributed by atoms with Crippen molar-refractivity contribution in [2.45, 2.75) is 44.1 Å². The van der Waals surface area contributed by atoms with Gasteiger partial charge in [0, 0.05) is 16.9 Å². The van der Waals surface area contributed by atoms with Crippen molar-refractivity contribution in [2.75, 3.05) is 0 Å². The molecule has 0 saturated carbocycles. The first-order valence-electron chi connectivity index (χ1n) is 6.29. The molecule has 0 bridgehead atoms. The van der Waals surface area contributed by atoms with E-state index in [2.05, 4.69) is 0 Å². The molecule has 2 unspecified atom stereocenters. The van der Waals surface area contributed by atoms with E-state index in [9.17, 15) is 14.9 Å². The Balaban J connectivity index is 2.10. The standard InChI is InChI=1S/C14H17NO4S/c1-13(2,3)20-12(16)14(4)11(19-14)9-5-7-10(8-6-9)15(17)18/h5-8,11H,1-4H3. The van der Waals surface area contributed by atoms with Gasteiger partial charge in [0.2, 0.25) is 5.12 Å². The Morgan fingerprint density at radius 1 is 1.35 bits per heavy atom. The van der Waals surface area contributed by atoms with Gasteiger partial charge in [-0.15, -0.1) is 0 Å². The smallest absolute Gasteiger partial charge is 0.269 e. The Hall–Kier alpha value is -1.40. The number of nitrogens with zero attached hydrogens (tertiary/aromatic N) is 1. The summed E-state index contributed by atoms with van der Waals surface area (Å²) in [5.74, 6) is 0. The number of rotatable bonds is 3. The number of non-ortho nitro benzene ring substituents is 1. The van der Waals surface area contributed by atoms with E-state index >= 15 is 0 Å². The number of nitro benzene ring substituents is 1. The number of epoxide rings is 1. The highest BCUT2D eigenvalue weighted by atomic mass is 32.2. The number of ether oxygens (including phenoxy) is 1. The van der Waals surface area contributed by atoms with Crippen LogP contribution in [-0.2, 0) is 9.53 Å². The summed E-state index contributed by atoms with van der Waals surface area (Å²) in [5, 5.41) is 10.6. The molecule has 1 aliphatic rings. The number of hydrogen-bond acceptors (Lipinski definition) is 5. The third-order valence-corrected chi connectivity index (χ3v) is 4.22. The molecule has 0 aromatic heterocycles. The first-order chi connectivity index (χ1) is 9.13. The summed E-state index contributed by atoms with van der Waals surface area (Å²) in [6.45, 7) is 7.69. The molecule has 2 rings (SSSR count). The van der Waals surface area contributed by atoms with E-state index in [-0.39, 0.29) is 21.7 Å². The number of carbonyl (C=O) groups excluding carboxylic acids is 1. The Morgan fingerprint density at radius 3 is 2.35 bits per heavy atom. The average molecular weight is 295 g/mol. The van der Waals surface area contributed by atoms with Gasteiger partial charge in [0.1, 0.15) is 6.10 Å². The van der Waals surface area contributed by atoms with Crippen molar-refractivity contribution in [1.82, 2.24) is 0 Å². The molecule has 1 aromatic carbocycles. The minimum Gasteiger partial charge on any atom is -0.352 e. The van der Waals surface area contributed by atoms with Crippen LogP contribution in [0.15, 0.2) is 24.3 Å². The summed E-state index contributed by atoms with van der Waals surface area (Å²) in [7, 11) is 0. The van der Waals surface area contributed by atoms with Crippen LogP contribution in [0.5, 0.6) is 0 Å². The lowest BCUT2D eigenvalue weighted by molar-refractivity contribution is -0.384. The van der Waals surface area contributed by atoms with E-state index in [0.717, 1.165) is 5.56 Å². The maximum Gasteiger partial charge on any atom is 0.269 e. The molecule has 0 radical (unpaired) electrons. The lowest BCUT2D eigenvalue weighted by Gasteiger charge is -2.17. The normalized spacial score (nSPS) is 25.3. The van der Waals surface area contributed by atoms with Crippen LogP contribution >= 0.6 is 11.8 Å². The Labute approximate surface area is 121 Å². The predicted octanol–water partition coefficient (Wildman–Crippen LogP) is 3.48. The maximum atomic E-state index is 12.2. The molecule has 0 aliphatic carbocycles. The minimum atomic E-state index is -0.825. The van der Waals surface area contributed by atoms with Crippen LogP contribution in [0.1, 0.15) is 39.4 Å². The molecular formula is C14H17NO4S. The van der Waals surface area contributed by atoms with Crippen molar-refractivity contribution in [2.24, 2.45) is 0 Å². The van der Waals surface area contributed by atoms with Crippen molar-refractivity contribution in [1.29, 1.82) is 0 Å². The number of benzene rings is 1. The zero-order valence-corrected chi connectivity index (χ0v) is 12.7. The van der Waals surface area contributed by atoms with E-state index in [0.29, 0.717) is 0 Å². The Morgan fingerprint density at radius 2 is 1.90 bits per heavy atom. The van der Waals surface area contributed by atoms with Crippen LogP contribution < -0.4 is 0 Å². The van der Waals surface area contributed by atoms with E-state index in [1.807, 2.05) is 20.8 Å². The first-order valence-corrected chi connectivity index (χ1v) is 7.11. The number of nitro groups is 1. The van der Waals surface area contributed by atoms with E-state index in [1.54, 1.807) is 19.1 Å². The Kier molecular flexibility index (Phi) is 3.64. The lowest BCUT2D eigenvalue weighted by Crippen LogP contribution is -2.23. The third-order valence-electron chi connectivity index (χ3n) is 3.02. The van der Waals surface area contributed by atoms with Gasteiger partial charge in [-0.05, 0) is 24.6 Å². The van der Waals surface area contributed by atoms with E-state index in [1.165, 1.54) is 23.9 Å². The Bertz CT molecular complexity index is 549. The zero-order chi connectivity index (χ0) is 15.1. The van der Waals surface area contributed by atoms with Crippen LogP contribution in [0.2, 0.25) is 0 Å². The molecule has 20 heavy (non-hydrogen) atoms. The first kappa shape index (κ1) is 15.0. The molecule has 1 aliphatic heterocycles. The van der Waals surface area contributed by atoms with Gasteiger partial charge in [-0.1, -0.05) is 32.5 Å². The molecule has 1 fully saturated rings. The van der Waals surface area contributed by atoms with Gasteiger partial charge in [0.25, 0.3) is 5.69 Å². The molecule has 6 heteroatoms. The summed E-state index contributed by atoms with van der Waals surface area (Å²) in [6.07, 6.45) is -0.314. The molecule has 2 atom stereocenters. The molecule has 0 spiro atoms. The van der Waals surface area contributed by atoms with Gasteiger partial charge in [0.05, 0.1) is 4.92 Å². The molecule has 108 valence electrons. The molecule has 1 aromatic rings. The second kappa shape index (κ2) is 4.86. The third kappa shape index (κ3) is 3.02. The van der Waals surface area contributed by atoms with Crippen molar-refractivity contribution < 1.29 is 14.5 Å². The van der Waals surface area contributed by atoms with E-state index < -0.39 is 10.5 Å². The SMILES string of the molecule is CC(C)(C)SC(=O)C1(C)OC1c1ccc([N+](=O)[O-])cc1. The van der Waals surface area contributed by atoms with Gasteiger partial charge in [-0.2, -0.15) is 0 Å². The molecule has 5 nitrogen and oxygen atoms in total. The van der Waals surface area contributed by atoms with Gasteiger partial charge in [0.15, 0.2) is 5.60 Å². The van der Waals surface area contributed by atoms with Gasteiger partial charge < -0.3 is 4.74 Å². The molecular weight excluding hydrogens is 278 g/mol. The van der Waals surface area contributed by atoms with Crippen LogP contribution in [0, 0.1) is 10.1 Å². The van der Waals surface area contributed by atoms with Crippen molar-refractivity contribution in [3.8, 4) is 0 Å². The largest absolute Gasteiger partial charge is 0.352 e. The van der Waals surface area contributed by atoms with E-state index in [4.69, 9.17) is 4.74 Å². The average Bonchev–Trinajstić information content (AvgIpc) is 3.01. The highest BCUT2D eigenvalue weighted by molar-refractivity contribution is 8.15. The maximum absolute atomic E-state index is 12.2. The van der Waals surface area contributed by atoms with Crippen molar-refractivity contribution in [3.63, 3.8) is 0 Å². The monoisotopic (exact) mass is 295 g/mol. The summed E-state index contributed by atoms with van der Waals surface area (Å²) in [4.78, 5) is 22.4. The summed E-state index contributed by atoms with van der Waals surface area (Å²) >= 11 is 1.26. The topological polar surface area (TPSA) is 72.7 Å². The lowest BCUT2D eigenvalue weighted by atomic mass is 10.0. The van der Waals surface area contributed by atoms with Crippen molar-refractivity contribution >= 4 is 22.6 Å². The molecule has 1 heterocycles. The van der Waals surface area contributed by atoms with Crippen LogP contribution in [-0.4, -0.2) is 20.4 Å². The summed E-state index contributed by atoms with van der Waals surface area (Å²) in [6, 6.07) is 6.14. The highest BCUT2D eigenvalue weighted by Gasteiger charge is 2.59. The minimum absolute atomic E-state index is 0.00615. The van der Waals surface area contributed by atoms with Crippen LogP contribution in [0.4, 0.5) is 5.69 Å². The second-order valence-corrected chi connectivity index (χ2v) is 7.76. The fourth-order valence-electron chi connectivity index (χ4n) is 1.90. The number of hydrogen-bond donors (Lipinski definition) is 0. The highest BCUT2D eigenvalue weighted by Crippen LogP contribution is 2.53. The molecule has 1 saturated heterocycles. The van der Waals surface area contributed by atoms with Gasteiger partial charge >= 0.3 is 0 Å². The fraction of sp³-hybridized carbons (Fsp3) is 0.500. The number of thioether (sulfide) groups is 1. The predicted molar refractivity (Wildman–Crippen MR) is 77.7 cm³/mol. The number of carbonyl (C=O) groups is 1. The van der Waals surface area contributed by atoms with Crippen LogP contribution in [0.3, 0.4) is 0 Å².